The van der Waals surface area contributed by atoms with Crippen LogP contribution in [-0.4, -0.2) is 32.5 Å². The number of ether oxygens (including phenoxy) is 1. The lowest BCUT2D eigenvalue weighted by Gasteiger charge is -2.21. The average Bonchev–Trinajstić information content (AvgIpc) is 2.98. The van der Waals surface area contributed by atoms with Crippen LogP contribution >= 0.6 is 11.6 Å². The maximum absolute atomic E-state index is 12.1. The molecule has 3 aromatic rings. The Morgan fingerprint density at radius 2 is 2.08 bits per heavy atom. The largest absolute Gasteiger partial charge is 0.496 e. The van der Waals surface area contributed by atoms with E-state index in [1.54, 1.807) is 16.4 Å². The molecule has 1 aliphatic rings. The monoisotopic (exact) mass is 371 g/mol. The number of aryl methyl sites for hydroxylation is 2. The molecule has 0 saturated heterocycles. The summed E-state index contributed by atoms with van der Waals surface area (Å²) >= 11 is 6.62. The standard InChI is InChI=1S/C18H14ClN3O4/c1-26-14-5-3-2-4-10(14)16-15(19)17-12-8-13(23)11(18(24)25)9-21(12)6-7-22(17)20-16/h2-5,8-9H,6-7H2,1H3,(H,24,25). The number of hydrogen-bond acceptors (Lipinski definition) is 4. The Morgan fingerprint density at radius 1 is 1.31 bits per heavy atom. The lowest BCUT2D eigenvalue weighted by molar-refractivity contribution is 0.0694. The number of pyridine rings is 1. The summed E-state index contributed by atoms with van der Waals surface area (Å²) in [4.78, 5) is 23.4. The van der Waals surface area contributed by atoms with E-state index in [9.17, 15) is 9.59 Å². The number of aromatic nitrogens is 3. The predicted octanol–water partition coefficient (Wildman–Crippen LogP) is 2.75. The summed E-state index contributed by atoms with van der Waals surface area (Å²) in [5.74, 6) is -0.603. The van der Waals surface area contributed by atoms with Crippen LogP contribution in [0, 0.1) is 0 Å². The first-order chi connectivity index (χ1) is 12.5. The molecule has 3 heterocycles. The molecule has 0 atom stereocenters. The minimum Gasteiger partial charge on any atom is -0.496 e. The molecule has 0 fully saturated rings. The molecule has 1 aromatic carbocycles. The van der Waals surface area contributed by atoms with Gasteiger partial charge in [0.05, 0.1) is 24.4 Å². The number of rotatable bonds is 3. The van der Waals surface area contributed by atoms with E-state index < -0.39 is 11.4 Å². The highest BCUT2D eigenvalue weighted by atomic mass is 35.5. The van der Waals surface area contributed by atoms with E-state index in [4.69, 9.17) is 21.4 Å². The Balaban J connectivity index is 1.94. The molecule has 0 aliphatic carbocycles. The van der Waals surface area contributed by atoms with Gasteiger partial charge < -0.3 is 14.4 Å². The lowest BCUT2D eigenvalue weighted by Crippen LogP contribution is -2.24. The maximum Gasteiger partial charge on any atom is 0.341 e. The van der Waals surface area contributed by atoms with Gasteiger partial charge in [-0.05, 0) is 12.1 Å². The zero-order valence-corrected chi connectivity index (χ0v) is 14.5. The Bertz CT molecular complexity index is 1100. The molecule has 7 nitrogen and oxygen atoms in total. The third-order valence-electron chi connectivity index (χ3n) is 4.41. The Labute approximate surface area is 153 Å². The molecule has 0 radical (unpaired) electrons. The van der Waals surface area contributed by atoms with Crippen molar-refractivity contribution in [1.82, 2.24) is 14.3 Å². The predicted molar refractivity (Wildman–Crippen MR) is 95.9 cm³/mol. The first-order valence-electron chi connectivity index (χ1n) is 7.89. The molecule has 26 heavy (non-hydrogen) atoms. The quantitative estimate of drug-likeness (QED) is 0.765. The summed E-state index contributed by atoms with van der Waals surface area (Å²) < 4.78 is 8.85. The molecule has 132 valence electrons. The second kappa shape index (κ2) is 6.03. The summed E-state index contributed by atoms with van der Waals surface area (Å²) in [6.07, 6.45) is 1.36. The number of aromatic carboxylic acids is 1. The van der Waals surface area contributed by atoms with E-state index in [-0.39, 0.29) is 5.56 Å². The zero-order chi connectivity index (χ0) is 18.4. The van der Waals surface area contributed by atoms with Crippen LogP contribution in [0.15, 0.2) is 41.3 Å². The van der Waals surface area contributed by atoms with Gasteiger partial charge in [-0.15, -0.1) is 0 Å². The number of carboxylic acid groups (broad SMARTS) is 1. The van der Waals surface area contributed by atoms with Crippen LogP contribution in [0.5, 0.6) is 5.75 Å². The smallest absolute Gasteiger partial charge is 0.341 e. The van der Waals surface area contributed by atoms with Crippen molar-refractivity contribution in [2.45, 2.75) is 13.1 Å². The number of nitrogens with zero attached hydrogens (tertiary/aromatic N) is 3. The van der Waals surface area contributed by atoms with Gasteiger partial charge in [0.2, 0.25) is 0 Å². The minimum absolute atomic E-state index is 0.261. The third kappa shape index (κ3) is 2.40. The van der Waals surface area contributed by atoms with Crippen LogP contribution < -0.4 is 10.2 Å². The molecule has 2 aromatic heterocycles. The van der Waals surface area contributed by atoms with Crippen molar-refractivity contribution in [2.24, 2.45) is 0 Å². The molecule has 1 aliphatic heterocycles. The number of para-hydroxylation sites is 1. The molecular formula is C18H14ClN3O4. The van der Waals surface area contributed by atoms with Crippen molar-refractivity contribution >= 4 is 17.6 Å². The topological polar surface area (TPSA) is 86.3 Å². The molecule has 0 unspecified atom stereocenters. The highest BCUT2D eigenvalue weighted by Gasteiger charge is 2.27. The number of carbonyl (C=O) groups is 1. The molecule has 4 rings (SSSR count). The number of carboxylic acids is 1. The fraction of sp³-hybridized carbons (Fsp3) is 0.167. The number of methoxy groups -OCH3 is 1. The van der Waals surface area contributed by atoms with Gasteiger partial charge in [-0.3, -0.25) is 9.48 Å². The van der Waals surface area contributed by atoms with Crippen molar-refractivity contribution in [3.8, 4) is 28.4 Å². The second-order valence-electron chi connectivity index (χ2n) is 5.87. The number of benzene rings is 1. The van der Waals surface area contributed by atoms with Crippen LogP contribution in [0.1, 0.15) is 10.4 Å². The molecule has 0 saturated carbocycles. The van der Waals surface area contributed by atoms with E-state index >= 15 is 0 Å². The summed E-state index contributed by atoms with van der Waals surface area (Å²) in [5.41, 5.74) is 1.62. The second-order valence-corrected chi connectivity index (χ2v) is 6.25. The Morgan fingerprint density at radius 3 is 2.81 bits per heavy atom. The van der Waals surface area contributed by atoms with E-state index in [0.717, 1.165) is 5.56 Å². The lowest BCUT2D eigenvalue weighted by atomic mass is 10.1. The maximum atomic E-state index is 12.1. The SMILES string of the molecule is COc1ccccc1-c1nn2c(c1Cl)-c1cc(=O)c(C(=O)O)cn1CC2. The number of halogens is 1. The van der Waals surface area contributed by atoms with Crippen molar-refractivity contribution < 1.29 is 14.6 Å². The number of fused-ring (bicyclic) bond motifs is 3. The summed E-state index contributed by atoms with van der Waals surface area (Å²) in [7, 11) is 1.57. The minimum atomic E-state index is -1.25. The van der Waals surface area contributed by atoms with Crippen LogP contribution in [0.3, 0.4) is 0 Å². The van der Waals surface area contributed by atoms with E-state index in [2.05, 4.69) is 5.10 Å². The summed E-state index contributed by atoms with van der Waals surface area (Å²) in [6.45, 7) is 1.01. The molecule has 0 amide bonds. The first-order valence-corrected chi connectivity index (χ1v) is 8.27. The van der Waals surface area contributed by atoms with Gasteiger partial charge in [-0.2, -0.15) is 5.10 Å². The number of hydrogen-bond donors (Lipinski definition) is 1. The van der Waals surface area contributed by atoms with Crippen molar-refractivity contribution in [3.05, 3.63) is 57.3 Å². The van der Waals surface area contributed by atoms with E-state index in [1.165, 1.54) is 12.3 Å². The van der Waals surface area contributed by atoms with Crippen molar-refractivity contribution in [1.29, 1.82) is 0 Å². The van der Waals surface area contributed by atoms with Crippen LogP contribution in [0.25, 0.3) is 22.6 Å². The highest BCUT2D eigenvalue weighted by Crippen LogP contribution is 2.40. The molecule has 1 N–H and O–H groups in total. The van der Waals surface area contributed by atoms with E-state index in [1.807, 2.05) is 24.3 Å². The fourth-order valence-electron chi connectivity index (χ4n) is 3.19. The van der Waals surface area contributed by atoms with Crippen molar-refractivity contribution in [2.75, 3.05) is 7.11 Å². The Hall–Kier alpha value is -3.06. The van der Waals surface area contributed by atoms with Crippen LogP contribution in [-0.2, 0) is 13.1 Å². The molecule has 8 heteroatoms. The van der Waals surface area contributed by atoms with Gasteiger partial charge in [-0.25, -0.2) is 4.79 Å². The van der Waals surface area contributed by atoms with Gasteiger partial charge in [0, 0.05) is 24.4 Å². The van der Waals surface area contributed by atoms with Crippen LogP contribution in [0.2, 0.25) is 5.02 Å². The normalized spacial score (nSPS) is 12.4. The molecule has 0 spiro atoms. The van der Waals surface area contributed by atoms with Crippen molar-refractivity contribution in [3.63, 3.8) is 0 Å². The Kier molecular flexibility index (Phi) is 3.81. The highest BCUT2D eigenvalue weighted by molar-refractivity contribution is 6.35. The van der Waals surface area contributed by atoms with Gasteiger partial charge >= 0.3 is 5.97 Å². The average molecular weight is 372 g/mol. The molecule has 0 bridgehead atoms. The van der Waals surface area contributed by atoms with Gasteiger partial charge in [0.25, 0.3) is 0 Å². The van der Waals surface area contributed by atoms with Gasteiger partial charge in [0.1, 0.15) is 22.7 Å². The van der Waals surface area contributed by atoms with E-state index in [0.29, 0.717) is 40.9 Å². The summed E-state index contributed by atoms with van der Waals surface area (Å²) in [6, 6.07) is 8.70. The summed E-state index contributed by atoms with van der Waals surface area (Å²) in [5, 5.41) is 14.1. The fourth-order valence-corrected chi connectivity index (χ4v) is 3.52. The zero-order valence-electron chi connectivity index (χ0n) is 13.8. The van der Waals surface area contributed by atoms with Gasteiger partial charge in [-0.1, -0.05) is 23.7 Å². The molecular weight excluding hydrogens is 358 g/mol. The third-order valence-corrected chi connectivity index (χ3v) is 4.77. The van der Waals surface area contributed by atoms with Crippen LogP contribution in [0.4, 0.5) is 0 Å². The first kappa shape index (κ1) is 16.4. The van der Waals surface area contributed by atoms with Gasteiger partial charge in [0.15, 0.2) is 5.43 Å².